The van der Waals surface area contributed by atoms with Gasteiger partial charge in [-0.1, -0.05) is 11.6 Å². The maximum atomic E-state index is 13.0. The molecule has 0 saturated heterocycles. The van der Waals surface area contributed by atoms with Crippen LogP contribution in [0.4, 0.5) is 26.3 Å². The number of methoxy groups -OCH3 is 1. The molecule has 0 unspecified atom stereocenters. The summed E-state index contributed by atoms with van der Waals surface area (Å²) in [6.45, 7) is -0.239. The second kappa shape index (κ2) is 7.71. The molecule has 0 spiro atoms. The molecular weight excluding hydrogens is 442 g/mol. The first-order valence-electron chi connectivity index (χ1n) is 8.08. The van der Waals surface area contributed by atoms with Crippen LogP contribution in [-0.2, 0) is 18.9 Å². The summed E-state index contributed by atoms with van der Waals surface area (Å²) in [5.41, 5.74) is -3.36. The third-order valence-corrected chi connectivity index (χ3v) is 4.24. The molecule has 30 heavy (non-hydrogen) atoms. The van der Waals surface area contributed by atoms with E-state index in [-0.39, 0.29) is 12.6 Å². The first kappa shape index (κ1) is 21.8. The molecular formula is C18H11ClF6N2O3. The van der Waals surface area contributed by atoms with Gasteiger partial charge >= 0.3 is 18.1 Å². The fourth-order valence-corrected chi connectivity index (χ4v) is 2.83. The highest BCUT2D eigenvalue weighted by atomic mass is 35.5. The van der Waals surface area contributed by atoms with Crippen molar-refractivity contribution < 1.29 is 35.5 Å². The third kappa shape index (κ3) is 4.61. The highest BCUT2D eigenvalue weighted by Gasteiger charge is 2.37. The van der Waals surface area contributed by atoms with Crippen molar-refractivity contribution in [3.8, 4) is 17.2 Å². The van der Waals surface area contributed by atoms with Crippen molar-refractivity contribution in [2.45, 2.75) is 18.9 Å². The molecule has 0 aliphatic heterocycles. The van der Waals surface area contributed by atoms with Gasteiger partial charge in [-0.15, -0.1) is 5.10 Å². The van der Waals surface area contributed by atoms with Gasteiger partial charge in [0.2, 0.25) is 5.89 Å². The predicted octanol–water partition coefficient (Wildman–Crippen LogP) is 5.25. The van der Waals surface area contributed by atoms with E-state index in [9.17, 15) is 31.1 Å². The Morgan fingerprint density at radius 1 is 1.03 bits per heavy atom. The predicted molar refractivity (Wildman–Crippen MR) is 93.3 cm³/mol. The van der Waals surface area contributed by atoms with E-state index in [1.54, 1.807) is 0 Å². The third-order valence-electron chi connectivity index (χ3n) is 4.00. The van der Waals surface area contributed by atoms with E-state index >= 15 is 0 Å². The van der Waals surface area contributed by atoms with Crippen LogP contribution in [0.5, 0.6) is 5.75 Å². The van der Waals surface area contributed by atoms with Crippen LogP contribution in [0.1, 0.15) is 16.7 Å². The Morgan fingerprint density at radius 3 is 2.17 bits per heavy atom. The van der Waals surface area contributed by atoms with Gasteiger partial charge in [0.1, 0.15) is 5.75 Å². The summed E-state index contributed by atoms with van der Waals surface area (Å²) in [7, 11) is 1.37. The van der Waals surface area contributed by atoms with Crippen LogP contribution in [0.3, 0.4) is 0 Å². The van der Waals surface area contributed by atoms with Gasteiger partial charge in [0, 0.05) is 16.1 Å². The number of nitrogens with zero attached hydrogens (tertiary/aromatic N) is 2. The Hall–Kier alpha value is -2.95. The van der Waals surface area contributed by atoms with Crippen molar-refractivity contribution in [1.82, 2.24) is 9.78 Å². The van der Waals surface area contributed by atoms with Crippen molar-refractivity contribution in [3.63, 3.8) is 0 Å². The van der Waals surface area contributed by atoms with Crippen molar-refractivity contribution in [2.24, 2.45) is 0 Å². The van der Waals surface area contributed by atoms with Crippen molar-refractivity contribution in [2.75, 3.05) is 7.11 Å². The zero-order valence-corrected chi connectivity index (χ0v) is 15.7. The Kier molecular flexibility index (Phi) is 5.59. The Bertz CT molecular complexity index is 1100. The van der Waals surface area contributed by atoms with Crippen molar-refractivity contribution in [1.29, 1.82) is 0 Å². The Labute approximate surface area is 169 Å². The maximum Gasteiger partial charge on any atom is 0.437 e. The normalized spacial score (nSPS) is 12.3. The quantitative estimate of drug-likeness (QED) is 0.507. The van der Waals surface area contributed by atoms with Crippen LogP contribution in [0.25, 0.3) is 11.5 Å². The maximum absolute atomic E-state index is 13.0. The molecule has 0 amide bonds. The van der Waals surface area contributed by atoms with Gasteiger partial charge in [-0.2, -0.15) is 31.0 Å². The van der Waals surface area contributed by atoms with E-state index in [2.05, 4.69) is 5.10 Å². The molecule has 5 nitrogen and oxygen atoms in total. The minimum Gasteiger partial charge on any atom is -0.496 e. The molecule has 2 aromatic carbocycles. The molecule has 160 valence electrons. The fraction of sp³-hybridized carbons (Fsp3) is 0.222. The summed E-state index contributed by atoms with van der Waals surface area (Å²) in [6.07, 6.45) is -10.1. The lowest BCUT2D eigenvalue weighted by molar-refractivity contribution is -0.143. The van der Waals surface area contributed by atoms with Gasteiger partial charge in [0.05, 0.1) is 24.8 Å². The van der Waals surface area contributed by atoms with Crippen molar-refractivity contribution in [3.05, 3.63) is 68.7 Å². The van der Waals surface area contributed by atoms with Gasteiger partial charge < -0.3 is 9.15 Å². The van der Waals surface area contributed by atoms with Crippen LogP contribution < -0.4 is 10.5 Å². The SMILES string of the molecule is COc1ccc(Cl)cc1Cn1nc(-c2cc(C(F)(F)F)cc(C(F)(F)F)c2)oc1=O. The Morgan fingerprint density at radius 2 is 1.63 bits per heavy atom. The van der Waals surface area contributed by atoms with Gasteiger partial charge in [-0.05, 0) is 36.4 Å². The molecule has 0 fully saturated rings. The molecule has 3 aromatic rings. The molecule has 0 radical (unpaired) electrons. The monoisotopic (exact) mass is 452 g/mol. The largest absolute Gasteiger partial charge is 0.496 e. The molecule has 3 rings (SSSR count). The molecule has 0 aliphatic carbocycles. The van der Waals surface area contributed by atoms with Gasteiger partial charge in [-0.25, -0.2) is 4.79 Å². The summed E-state index contributed by atoms with van der Waals surface area (Å²) in [6, 6.07) is 5.33. The highest BCUT2D eigenvalue weighted by Crippen LogP contribution is 2.38. The molecule has 0 saturated carbocycles. The first-order valence-corrected chi connectivity index (χ1v) is 8.46. The lowest BCUT2D eigenvalue weighted by Gasteiger charge is -2.12. The number of halogens is 7. The van der Waals surface area contributed by atoms with Crippen LogP contribution in [0.2, 0.25) is 5.02 Å². The summed E-state index contributed by atoms with van der Waals surface area (Å²) < 4.78 is 88.9. The summed E-state index contributed by atoms with van der Waals surface area (Å²) in [5.74, 6) is -1.44. The minimum absolute atomic E-state index is 0.0323. The van der Waals surface area contributed by atoms with E-state index in [1.165, 1.54) is 25.3 Å². The average Bonchev–Trinajstić information content (AvgIpc) is 3.01. The lowest BCUT2D eigenvalue weighted by Crippen LogP contribution is -2.17. The summed E-state index contributed by atoms with van der Waals surface area (Å²) >= 11 is 5.90. The second-order valence-corrected chi connectivity index (χ2v) is 6.52. The zero-order chi connectivity index (χ0) is 22.3. The number of hydrogen-bond acceptors (Lipinski definition) is 4. The number of hydrogen-bond donors (Lipinski definition) is 0. The minimum atomic E-state index is -5.05. The summed E-state index contributed by atoms with van der Waals surface area (Å²) in [4.78, 5) is 12.1. The molecule has 0 N–H and O–H groups in total. The van der Waals surface area contributed by atoms with Gasteiger partial charge in [-0.3, -0.25) is 0 Å². The summed E-state index contributed by atoms with van der Waals surface area (Å²) in [5, 5.41) is 4.05. The van der Waals surface area contributed by atoms with E-state index in [0.29, 0.717) is 28.5 Å². The van der Waals surface area contributed by atoms with Gasteiger partial charge in [0.25, 0.3) is 0 Å². The van der Waals surface area contributed by atoms with E-state index in [1.807, 2.05) is 0 Å². The van der Waals surface area contributed by atoms with E-state index in [4.69, 9.17) is 20.8 Å². The highest BCUT2D eigenvalue weighted by molar-refractivity contribution is 6.30. The number of alkyl halides is 6. The number of benzene rings is 2. The van der Waals surface area contributed by atoms with E-state index < -0.39 is 40.7 Å². The zero-order valence-electron chi connectivity index (χ0n) is 14.9. The standard InChI is InChI=1S/C18H11ClF6N2O3/c1-29-14-3-2-13(19)6-10(14)8-27-16(28)30-15(26-27)9-4-11(17(20,21)22)7-12(5-9)18(23,24)25/h2-7H,8H2,1H3. The molecule has 0 bridgehead atoms. The van der Waals surface area contributed by atoms with Crippen LogP contribution in [-0.4, -0.2) is 16.9 Å². The fourth-order valence-electron chi connectivity index (χ4n) is 2.63. The van der Waals surface area contributed by atoms with Crippen molar-refractivity contribution >= 4 is 11.6 Å². The molecule has 1 aromatic heterocycles. The topological polar surface area (TPSA) is 57.3 Å². The number of rotatable bonds is 4. The van der Waals surface area contributed by atoms with E-state index in [0.717, 1.165) is 4.68 Å². The van der Waals surface area contributed by atoms with Gasteiger partial charge in [0.15, 0.2) is 0 Å². The molecule has 1 heterocycles. The number of ether oxygens (including phenoxy) is 1. The second-order valence-electron chi connectivity index (χ2n) is 6.08. The van der Waals surface area contributed by atoms with Crippen LogP contribution in [0.15, 0.2) is 45.6 Å². The molecule has 0 aliphatic rings. The molecule has 0 atom stereocenters. The smallest absolute Gasteiger partial charge is 0.437 e. The molecule has 12 heteroatoms. The van der Waals surface area contributed by atoms with Crippen LogP contribution in [0, 0.1) is 0 Å². The van der Waals surface area contributed by atoms with Crippen LogP contribution >= 0.6 is 11.6 Å². The average molecular weight is 453 g/mol. The number of aromatic nitrogens is 2. The lowest BCUT2D eigenvalue weighted by atomic mass is 10.0. The first-order chi connectivity index (χ1) is 13.9. The Balaban J connectivity index is 2.07.